The van der Waals surface area contributed by atoms with Gasteiger partial charge in [0, 0.05) is 18.5 Å². The largest absolute Gasteiger partial charge is 0.490 e. The molecule has 0 fully saturated rings. The third-order valence-corrected chi connectivity index (χ3v) is 2.80. The van der Waals surface area contributed by atoms with E-state index in [4.69, 9.17) is 4.74 Å². The van der Waals surface area contributed by atoms with Crippen LogP contribution >= 0.6 is 35.7 Å². The number of hydrogen-bond donors (Lipinski definition) is 2. The van der Waals surface area contributed by atoms with Crippen molar-refractivity contribution in [1.29, 1.82) is 0 Å². The van der Waals surface area contributed by atoms with Gasteiger partial charge in [-0.25, -0.2) is 0 Å². The average molecular weight is 410 g/mol. The maximum atomic E-state index is 5.55. The summed E-state index contributed by atoms with van der Waals surface area (Å²) in [4.78, 5) is 8.45. The molecule has 1 rings (SSSR count). The second-order valence-corrected chi connectivity index (χ2v) is 4.70. The van der Waals surface area contributed by atoms with E-state index in [9.17, 15) is 0 Å². The monoisotopic (exact) mass is 410 g/mol. The van der Waals surface area contributed by atoms with Crippen molar-refractivity contribution in [2.75, 3.05) is 38.2 Å². The van der Waals surface area contributed by atoms with Crippen molar-refractivity contribution in [3.8, 4) is 5.75 Å². The van der Waals surface area contributed by atoms with Gasteiger partial charge < -0.3 is 15.4 Å². The lowest BCUT2D eigenvalue weighted by Gasteiger charge is -2.11. The van der Waals surface area contributed by atoms with Crippen LogP contribution in [0.4, 0.5) is 0 Å². The van der Waals surface area contributed by atoms with Crippen LogP contribution in [-0.4, -0.2) is 49.2 Å². The lowest BCUT2D eigenvalue weighted by atomic mass is 10.5. The van der Waals surface area contributed by atoms with Crippen molar-refractivity contribution in [1.82, 2.24) is 15.6 Å². The summed E-state index contributed by atoms with van der Waals surface area (Å²) in [5.41, 5.74) is 0. The molecule has 0 bridgehead atoms. The van der Waals surface area contributed by atoms with Gasteiger partial charge in [-0.15, -0.1) is 24.0 Å². The minimum atomic E-state index is 0. The summed E-state index contributed by atoms with van der Waals surface area (Å²) >= 11 is 1.79. The van der Waals surface area contributed by atoms with E-state index in [1.165, 1.54) is 0 Å². The molecule has 0 aliphatic carbocycles. The summed E-state index contributed by atoms with van der Waals surface area (Å²) in [5.74, 6) is 2.66. The Morgan fingerprint density at radius 2 is 2.30 bits per heavy atom. The van der Waals surface area contributed by atoms with Crippen LogP contribution in [0.15, 0.2) is 29.5 Å². The quantitative estimate of drug-likeness (QED) is 0.297. The molecule has 0 radical (unpaired) electrons. The van der Waals surface area contributed by atoms with Gasteiger partial charge in [0.25, 0.3) is 0 Å². The Morgan fingerprint density at radius 3 is 2.95 bits per heavy atom. The van der Waals surface area contributed by atoms with E-state index in [-0.39, 0.29) is 24.0 Å². The molecule has 0 aliphatic rings. The van der Waals surface area contributed by atoms with Crippen LogP contribution in [0.5, 0.6) is 5.75 Å². The molecule has 0 amide bonds. The molecule has 1 aromatic heterocycles. The van der Waals surface area contributed by atoms with Gasteiger partial charge in [0.05, 0.1) is 19.3 Å². The highest BCUT2D eigenvalue weighted by Gasteiger charge is 1.97. The fourth-order valence-corrected chi connectivity index (χ4v) is 1.64. The first-order valence-corrected chi connectivity index (χ1v) is 7.80. The second-order valence-electron chi connectivity index (χ2n) is 3.72. The van der Waals surface area contributed by atoms with E-state index in [1.807, 2.05) is 12.1 Å². The lowest BCUT2D eigenvalue weighted by Crippen LogP contribution is -2.39. The molecular formula is C13H23IN4OS. The highest BCUT2D eigenvalue weighted by Crippen LogP contribution is 2.04. The number of nitrogens with one attached hydrogen (secondary N) is 2. The van der Waals surface area contributed by atoms with Crippen molar-refractivity contribution in [2.24, 2.45) is 4.99 Å². The summed E-state index contributed by atoms with van der Waals surface area (Å²) in [6, 6.07) is 3.75. The van der Waals surface area contributed by atoms with Gasteiger partial charge in [-0.2, -0.15) is 11.8 Å². The summed E-state index contributed by atoms with van der Waals surface area (Å²) in [6.45, 7) is 5.02. The Kier molecular flexibility index (Phi) is 12.8. The summed E-state index contributed by atoms with van der Waals surface area (Å²) in [7, 11) is 0. The number of hydrogen-bond acceptors (Lipinski definition) is 4. The van der Waals surface area contributed by atoms with Crippen molar-refractivity contribution in [2.45, 2.75) is 6.92 Å². The maximum Gasteiger partial charge on any atom is 0.191 e. The first-order chi connectivity index (χ1) is 9.36. The molecule has 0 saturated heterocycles. The van der Waals surface area contributed by atoms with E-state index in [0.29, 0.717) is 13.2 Å². The van der Waals surface area contributed by atoms with Gasteiger partial charge in [0.2, 0.25) is 0 Å². The van der Waals surface area contributed by atoms with Gasteiger partial charge in [0.1, 0.15) is 12.4 Å². The number of halogens is 1. The molecular weight excluding hydrogens is 387 g/mol. The standard InChI is InChI=1S/C13H22N4OS.HI/c1-3-15-13(17-8-10-19-2)16-7-9-18-12-5-4-6-14-11-12;/h4-6,11H,3,7-10H2,1-2H3,(H2,15,16,17);1H. The molecule has 0 atom stereocenters. The minimum Gasteiger partial charge on any atom is -0.490 e. The lowest BCUT2D eigenvalue weighted by molar-refractivity contribution is 0.320. The highest BCUT2D eigenvalue weighted by molar-refractivity contribution is 14.0. The van der Waals surface area contributed by atoms with Gasteiger partial charge in [0.15, 0.2) is 5.96 Å². The molecule has 114 valence electrons. The number of thioether (sulfide) groups is 1. The van der Waals surface area contributed by atoms with Gasteiger partial charge in [-0.05, 0) is 25.3 Å². The van der Waals surface area contributed by atoms with Crippen molar-refractivity contribution >= 4 is 41.7 Å². The van der Waals surface area contributed by atoms with Gasteiger partial charge >= 0.3 is 0 Å². The number of ether oxygens (including phenoxy) is 1. The Labute approximate surface area is 142 Å². The van der Waals surface area contributed by atoms with Crippen LogP contribution in [0.2, 0.25) is 0 Å². The Balaban J connectivity index is 0.00000361. The predicted molar refractivity (Wildman–Crippen MR) is 97.5 cm³/mol. The number of aromatic nitrogens is 1. The van der Waals surface area contributed by atoms with Gasteiger partial charge in [-0.3, -0.25) is 9.98 Å². The van der Waals surface area contributed by atoms with Crippen LogP contribution in [0.3, 0.4) is 0 Å². The third kappa shape index (κ3) is 9.24. The summed E-state index contributed by atoms with van der Waals surface area (Å²) in [5, 5.41) is 6.44. The van der Waals surface area contributed by atoms with E-state index in [2.05, 4.69) is 33.8 Å². The maximum absolute atomic E-state index is 5.55. The number of nitrogens with zero attached hydrogens (tertiary/aromatic N) is 2. The number of guanidine groups is 1. The van der Waals surface area contributed by atoms with Crippen LogP contribution < -0.4 is 15.4 Å². The Bertz CT molecular complexity index is 365. The zero-order chi connectivity index (χ0) is 13.8. The third-order valence-electron chi connectivity index (χ3n) is 2.21. The van der Waals surface area contributed by atoms with Crippen molar-refractivity contribution in [3.63, 3.8) is 0 Å². The molecule has 0 saturated carbocycles. The zero-order valence-electron chi connectivity index (χ0n) is 12.0. The molecule has 0 spiro atoms. The predicted octanol–water partition coefficient (Wildman–Crippen LogP) is 2.00. The molecule has 0 aromatic carbocycles. The van der Waals surface area contributed by atoms with Crippen LogP contribution in [0, 0.1) is 0 Å². The molecule has 1 heterocycles. The SMILES string of the molecule is CCNC(=NCCSC)NCCOc1cccnc1.I. The molecule has 2 N–H and O–H groups in total. The summed E-state index contributed by atoms with van der Waals surface area (Å²) < 4.78 is 5.55. The number of aliphatic imine (C=N–C) groups is 1. The summed E-state index contributed by atoms with van der Waals surface area (Å²) in [6.07, 6.45) is 5.52. The van der Waals surface area contributed by atoms with Crippen LogP contribution in [0.1, 0.15) is 6.92 Å². The fraction of sp³-hybridized carbons (Fsp3) is 0.538. The highest BCUT2D eigenvalue weighted by atomic mass is 127. The first kappa shape index (κ1) is 19.3. The average Bonchev–Trinajstić information content (AvgIpc) is 2.45. The number of pyridine rings is 1. The molecule has 5 nitrogen and oxygen atoms in total. The zero-order valence-corrected chi connectivity index (χ0v) is 15.1. The van der Waals surface area contributed by atoms with Crippen molar-refractivity contribution < 1.29 is 4.74 Å². The van der Waals surface area contributed by atoms with Gasteiger partial charge in [-0.1, -0.05) is 0 Å². The second kappa shape index (κ2) is 13.3. The fourth-order valence-electron chi connectivity index (χ4n) is 1.36. The topological polar surface area (TPSA) is 58.5 Å². The van der Waals surface area contributed by atoms with E-state index in [0.717, 1.165) is 30.6 Å². The van der Waals surface area contributed by atoms with Crippen molar-refractivity contribution in [3.05, 3.63) is 24.5 Å². The van der Waals surface area contributed by atoms with E-state index < -0.39 is 0 Å². The Hall–Kier alpha value is -0.700. The molecule has 0 unspecified atom stereocenters. The number of rotatable bonds is 8. The minimum absolute atomic E-state index is 0. The normalized spacial score (nSPS) is 10.6. The van der Waals surface area contributed by atoms with E-state index >= 15 is 0 Å². The van der Waals surface area contributed by atoms with Crippen LogP contribution in [-0.2, 0) is 0 Å². The Morgan fingerprint density at radius 1 is 1.45 bits per heavy atom. The first-order valence-electron chi connectivity index (χ1n) is 6.40. The molecule has 7 heteroatoms. The molecule has 1 aromatic rings. The van der Waals surface area contributed by atoms with Crippen LogP contribution in [0.25, 0.3) is 0 Å². The molecule has 0 aliphatic heterocycles. The van der Waals surface area contributed by atoms with E-state index in [1.54, 1.807) is 24.2 Å². The smallest absolute Gasteiger partial charge is 0.191 e. The molecule has 20 heavy (non-hydrogen) atoms.